The van der Waals surface area contributed by atoms with Crippen molar-refractivity contribution in [3.05, 3.63) is 59.9 Å². The van der Waals surface area contributed by atoms with Crippen LogP contribution in [0.3, 0.4) is 0 Å². The number of urea groups is 1. The molecule has 1 heterocycles. The van der Waals surface area contributed by atoms with Gasteiger partial charge in [-0.1, -0.05) is 32.9 Å². The molecule has 0 aliphatic heterocycles. The van der Waals surface area contributed by atoms with Gasteiger partial charge in [0.1, 0.15) is 0 Å². The van der Waals surface area contributed by atoms with Gasteiger partial charge in [-0.2, -0.15) is 0 Å². The second-order valence-electron chi connectivity index (χ2n) is 6.94. The van der Waals surface area contributed by atoms with E-state index in [1.54, 1.807) is 12.4 Å². The zero-order valence-electron chi connectivity index (χ0n) is 15.0. The van der Waals surface area contributed by atoms with E-state index in [9.17, 15) is 4.79 Å². The van der Waals surface area contributed by atoms with Gasteiger partial charge < -0.3 is 10.2 Å². The second kappa shape index (κ2) is 7.95. The number of anilines is 1. The molecule has 0 bridgehead atoms. The first-order valence-electron chi connectivity index (χ1n) is 8.45. The third-order valence-corrected chi connectivity index (χ3v) is 4.09. The number of carbonyl (C=O) groups excluding carboxylic acids is 1. The van der Waals surface area contributed by atoms with Crippen LogP contribution < -0.4 is 5.32 Å². The number of amides is 2. The molecule has 1 aromatic heterocycles. The van der Waals surface area contributed by atoms with Crippen LogP contribution in [0.2, 0.25) is 0 Å². The average Bonchev–Trinajstić information content (AvgIpc) is 2.56. The molecule has 128 valence electrons. The minimum absolute atomic E-state index is 0.0601. The summed E-state index contributed by atoms with van der Waals surface area (Å²) in [6, 6.07) is 12.0. The van der Waals surface area contributed by atoms with Crippen LogP contribution >= 0.6 is 0 Å². The summed E-state index contributed by atoms with van der Waals surface area (Å²) in [4.78, 5) is 18.3. The zero-order chi connectivity index (χ0) is 17.6. The van der Waals surface area contributed by atoms with E-state index in [2.05, 4.69) is 43.2 Å². The van der Waals surface area contributed by atoms with Crippen LogP contribution in [0.5, 0.6) is 0 Å². The van der Waals surface area contributed by atoms with Gasteiger partial charge in [-0.25, -0.2) is 4.79 Å². The Morgan fingerprint density at radius 2 is 1.71 bits per heavy atom. The van der Waals surface area contributed by atoms with Crippen LogP contribution in [0.4, 0.5) is 10.5 Å². The summed E-state index contributed by atoms with van der Waals surface area (Å²) in [6.07, 6.45) is 4.39. The predicted molar refractivity (Wildman–Crippen MR) is 99.3 cm³/mol. The highest BCUT2D eigenvalue weighted by Crippen LogP contribution is 2.23. The van der Waals surface area contributed by atoms with Crippen molar-refractivity contribution in [1.82, 2.24) is 9.88 Å². The topological polar surface area (TPSA) is 45.2 Å². The highest BCUT2D eigenvalue weighted by Gasteiger charge is 2.14. The summed E-state index contributed by atoms with van der Waals surface area (Å²) >= 11 is 0. The Labute approximate surface area is 144 Å². The summed E-state index contributed by atoms with van der Waals surface area (Å²) < 4.78 is 0. The van der Waals surface area contributed by atoms with Crippen molar-refractivity contribution in [2.75, 3.05) is 18.4 Å². The van der Waals surface area contributed by atoms with Crippen LogP contribution in [-0.4, -0.2) is 29.0 Å². The maximum Gasteiger partial charge on any atom is 0.321 e. The second-order valence-corrected chi connectivity index (χ2v) is 6.94. The van der Waals surface area contributed by atoms with Crippen molar-refractivity contribution in [3.63, 3.8) is 0 Å². The third kappa shape index (κ3) is 5.08. The Morgan fingerprint density at radius 1 is 1.08 bits per heavy atom. The summed E-state index contributed by atoms with van der Waals surface area (Å²) in [5, 5.41) is 2.98. The molecule has 24 heavy (non-hydrogen) atoms. The van der Waals surface area contributed by atoms with Crippen LogP contribution in [0.15, 0.2) is 48.8 Å². The lowest BCUT2D eigenvalue weighted by Crippen LogP contribution is -2.36. The largest absolute Gasteiger partial charge is 0.324 e. The molecule has 2 rings (SSSR count). The summed E-state index contributed by atoms with van der Waals surface area (Å²) in [5.41, 5.74) is 3.38. The zero-order valence-corrected chi connectivity index (χ0v) is 15.0. The van der Waals surface area contributed by atoms with E-state index in [1.165, 1.54) is 11.1 Å². The molecule has 0 saturated heterocycles. The number of carbonyl (C=O) groups is 1. The maximum atomic E-state index is 12.4. The number of nitrogens with one attached hydrogen (secondary N) is 1. The van der Waals surface area contributed by atoms with Gasteiger partial charge >= 0.3 is 6.03 Å². The van der Waals surface area contributed by atoms with E-state index in [0.717, 1.165) is 12.1 Å². The lowest BCUT2D eigenvalue weighted by molar-refractivity contribution is 0.215. The van der Waals surface area contributed by atoms with E-state index in [4.69, 9.17) is 0 Å². The number of rotatable bonds is 5. The minimum Gasteiger partial charge on any atom is -0.324 e. The molecule has 1 N–H and O–H groups in total. The molecule has 4 heteroatoms. The molecular formula is C20H27N3O. The van der Waals surface area contributed by atoms with Crippen molar-refractivity contribution < 1.29 is 4.79 Å². The number of nitrogens with zero attached hydrogens (tertiary/aromatic N) is 2. The highest BCUT2D eigenvalue weighted by molar-refractivity contribution is 5.89. The molecule has 1 aromatic carbocycles. The minimum atomic E-state index is -0.0601. The van der Waals surface area contributed by atoms with Crippen molar-refractivity contribution >= 4 is 11.7 Å². The first kappa shape index (κ1) is 18.0. The summed E-state index contributed by atoms with van der Waals surface area (Å²) in [5.74, 6) is 0. The fourth-order valence-corrected chi connectivity index (χ4v) is 2.47. The Kier molecular flexibility index (Phi) is 5.96. The molecule has 0 atom stereocenters. The van der Waals surface area contributed by atoms with E-state index >= 15 is 0 Å². The van der Waals surface area contributed by atoms with Gasteiger partial charge in [0.25, 0.3) is 0 Å². The Hall–Kier alpha value is -2.36. The molecule has 0 spiro atoms. The Morgan fingerprint density at radius 3 is 2.25 bits per heavy atom. The fraction of sp³-hybridized carbons (Fsp3) is 0.400. The standard InChI is InChI=1S/C20H27N3O/c1-5-23(15-12-16-10-13-21-14-11-16)19(24)22-18-8-6-17(7-9-18)20(2,3)4/h6-11,13-14H,5,12,15H2,1-4H3,(H,22,24). The Balaban J connectivity index is 1.94. The van der Waals surface area contributed by atoms with Crippen molar-refractivity contribution in [2.24, 2.45) is 0 Å². The molecule has 0 aliphatic carbocycles. The number of benzene rings is 1. The lowest BCUT2D eigenvalue weighted by Gasteiger charge is -2.22. The molecule has 0 aliphatic rings. The van der Waals surface area contributed by atoms with Gasteiger partial charge in [-0.3, -0.25) is 4.98 Å². The fourth-order valence-electron chi connectivity index (χ4n) is 2.47. The lowest BCUT2D eigenvalue weighted by atomic mass is 9.87. The van der Waals surface area contributed by atoms with Crippen molar-refractivity contribution in [2.45, 2.75) is 39.5 Å². The van der Waals surface area contributed by atoms with Crippen LogP contribution in [-0.2, 0) is 11.8 Å². The molecule has 2 amide bonds. The van der Waals surface area contributed by atoms with Gasteiger partial charge in [-0.15, -0.1) is 0 Å². The number of aromatic nitrogens is 1. The number of hydrogen-bond donors (Lipinski definition) is 1. The number of pyridine rings is 1. The van der Waals surface area contributed by atoms with Crippen LogP contribution in [0.25, 0.3) is 0 Å². The quantitative estimate of drug-likeness (QED) is 0.881. The molecule has 0 radical (unpaired) electrons. The first-order chi connectivity index (χ1) is 11.4. The normalized spacial score (nSPS) is 11.2. The molecule has 2 aromatic rings. The van der Waals surface area contributed by atoms with Crippen molar-refractivity contribution in [1.29, 1.82) is 0 Å². The third-order valence-electron chi connectivity index (χ3n) is 4.09. The van der Waals surface area contributed by atoms with Gasteiger partial charge in [0.2, 0.25) is 0 Å². The monoisotopic (exact) mass is 325 g/mol. The summed E-state index contributed by atoms with van der Waals surface area (Å²) in [7, 11) is 0. The van der Waals surface area contributed by atoms with Crippen LogP contribution in [0.1, 0.15) is 38.8 Å². The van der Waals surface area contributed by atoms with E-state index in [-0.39, 0.29) is 11.4 Å². The SMILES string of the molecule is CCN(CCc1ccncc1)C(=O)Nc1ccc(C(C)(C)C)cc1. The number of hydrogen-bond acceptors (Lipinski definition) is 2. The van der Waals surface area contributed by atoms with Crippen molar-refractivity contribution in [3.8, 4) is 0 Å². The Bertz CT molecular complexity index is 645. The number of likely N-dealkylation sites (N-methyl/N-ethyl adjacent to an activating group) is 1. The average molecular weight is 325 g/mol. The summed E-state index contributed by atoms with van der Waals surface area (Å²) in [6.45, 7) is 9.90. The smallest absolute Gasteiger partial charge is 0.321 e. The molecule has 0 saturated carbocycles. The van der Waals surface area contributed by atoms with Gasteiger partial charge in [0, 0.05) is 31.2 Å². The predicted octanol–water partition coefficient (Wildman–Crippen LogP) is 4.48. The van der Waals surface area contributed by atoms with Gasteiger partial charge in [-0.05, 0) is 54.2 Å². The van der Waals surface area contributed by atoms with E-state index in [0.29, 0.717) is 13.1 Å². The van der Waals surface area contributed by atoms with Gasteiger partial charge in [0.15, 0.2) is 0 Å². The van der Waals surface area contributed by atoms with Gasteiger partial charge in [0.05, 0.1) is 0 Å². The van der Waals surface area contributed by atoms with Crippen LogP contribution in [0, 0.1) is 0 Å². The first-order valence-corrected chi connectivity index (χ1v) is 8.45. The highest BCUT2D eigenvalue weighted by atomic mass is 16.2. The molecule has 0 fully saturated rings. The molecule has 0 unspecified atom stereocenters. The molecular weight excluding hydrogens is 298 g/mol. The maximum absolute atomic E-state index is 12.4. The van der Waals surface area contributed by atoms with E-state index in [1.807, 2.05) is 36.1 Å². The molecule has 4 nitrogen and oxygen atoms in total. The van der Waals surface area contributed by atoms with E-state index < -0.39 is 0 Å².